The summed E-state index contributed by atoms with van der Waals surface area (Å²) in [4.78, 5) is 5.35. The van der Waals surface area contributed by atoms with Crippen LogP contribution in [0.4, 0.5) is 0 Å². The fraction of sp³-hybridized carbons (Fsp3) is 0.232. The van der Waals surface area contributed by atoms with Gasteiger partial charge in [0.1, 0.15) is 12.6 Å². The van der Waals surface area contributed by atoms with E-state index in [2.05, 4.69) is 161 Å². The third-order valence-electron chi connectivity index (χ3n) is 11.7. The molecule has 0 fully saturated rings. The molecule has 0 spiro atoms. The molecule has 10 rings (SSSR count). The number of benzene rings is 7. The van der Waals surface area contributed by atoms with Gasteiger partial charge >= 0.3 is 8.60 Å². The number of fused-ring (bicyclic) bond motifs is 7. The molecule has 1 aliphatic carbocycles. The van der Waals surface area contributed by atoms with Crippen LogP contribution in [0.3, 0.4) is 0 Å². The van der Waals surface area contributed by atoms with Gasteiger partial charge in [0, 0.05) is 49.6 Å². The van der Waals surface area contributed by atoms with E-state index in [9.17, 15) is 0 Å². The van der Waals surface area contributed by atoms with Crippen molar-refractivity contribution in [3.8, 4) is 22.6 Å². The molecule has 321 valence electrons. The Morgan fingerprint density at radius 3 is 1.59 bits per heavy atom. The number of ether oxygens (including phenoxy) is 1. The molecule has 0 bridgehead atoms. The smallest absolute Gasteiger partial charge is 0.486 e. The van der Waals surface area contributed by atoms with Crippen LogP contribution in [0.2, 0.25) is 0 Å². The fourth-order valence-corrected chi connectivity index (χ4v) is 10.6. The van der Waals surface area contributed by atoms with E-state index in [1.807, 2.05) is 30.3 Å². The van der Waals surface area contributed by atoms with Crippen molar-refractivity contribution in [3.05, 3.63) is 203 Å². The predicted molar refractivity (Wildman–Crippen MR) is 256 cm³/mol. The summed E-state index contributed by atoms with van der Waals surface area (Å²) < 4.78 is 28.2. The molecule has 7 heteroatoms. The maximum absolute atomic E-state index is 7.60. The second kappa shape index (κ2) is 20.0. The first-order valence-electron chi connectivity index (χ1n) is 21.8. The second-order valence-electron chi connectivity index (χ2n) is 16.8. The van der Waals surface area contributed by atoms with Gasteiger partial charge in [-0.1, -0.05) is 150 Å². The molecule has 0 saturated carbocycles. The molecule has 3 aliphatic rings. The van der Waals surface area contributed by atoms with E-state index < -0.39 is 14.2 Å². The Kier molecular flexibility index (Phi) is 14.1. The molecule has 0 amide bonds. The molecular formula is C56H53IrNO4P-. The molecule has 63 heavy (non-hydrogen) atoms. The van der Waals surface area contributed by atoms with Crippen LogP contribution < -0.4 is 9.05 Å². The summed E-state index contributed by atoms with van der Waals surface area (Å²) in [6.45, 7) is 8.98. The molecule has 2 heterocycles. The summed E-state index contributed by atoms with van der Waals surface area (Å²) in [5.74, 6) is 2.13. The van der Waals surface area contributed by atoms with Crippen LogP contribution in [0, 0.1) is 39.8 Å². The minimum absolute atomic E-state index is 0. The van der Waals surface area contributed by atoms with Crippen LogP contribution in [0.5, 0.6) is 11.5 Å². The van der Waals surface area contributed by atoms with Crippen LogP contribution in [-0.4, -0.2) is 24.1 Å². The van der Waals surface area contributed by atoms with Gasteiger partial charge in [-0.15, -0.1) is 0 Å². The molecule has 1 atom stereocenters. The Balaban J connectivity index is 0.000000547. The summed E-state index contributed by atoms with van der Waals surface area (Å²) in [5.41, 5.74) is 9.27. The average Bonchev–Trinajstić information content (AvgIpc) is 3.69. The zero-order valence-electron chi connectivity index (χ0n) is 36.4. The Morgan fingerprint density at radius 1 is 0.603 bits per heavy atom. The van der Waals surface area contributed by atoms with Crippen molar-refractivity contribution < 1.29 is 38.4 Å². The molecule has 1 radical (unpaired) electrons. The minimum Gasteiger partial charge on any atom is -0.500 e. The molecule has 7 aromatic carbocycles. The van der Waals surface area contributed by atoms with Crippen molar-refractivity contribution >= 4 is 36.0 Å². The Labute approximate surface area is 387 Å². The van der Waals surface area contributed by atoms with Crippen molar-refractivity contribution in [3.63, 3.8) is 0 Å². The molecule has 0 aromatic heterocycles. The molecule has 2 aliphatic heterocycles. The number of aryl methyl sites for hydroxylation is 4. The normalized spacial score (nSPS) is 15.8. The standard InChI is InChI=1S/C48H43NO4P.C8H10.Ir/c1-31-22-32(2)25-35(24-31)28-48(29-36-26-33(3)23-34(4)27-36,44-30-50-47(49-44)39-14-6-5-7-15-39)53-54-51-42-20-18-37-12-8-10-16-40(37)45(42)46-41-17-11-9-13-38(41)19-21-43(46)52-54;1-2-4-6-8-7-5-3-1;/h5-27,44,54H,28-30H2,1-4H3;1,8H,2,4-5,7H2;/q+1;-2;/t44-;;/m0../s1. The number of aliphatic imine (C=N–C) groups is 1. The van der Waals surface area contributed by atoms with Crippen LogP contribution in [0.25, 0.3) is 32.7 Å². The second-order valence-corrected chi connectivity index (χ2v) is 17.9. The van der Waals surface area contributed by atoms with E-state index in [1.54, 1.807) is 0 Å². The SMILES string of the molecule is Cc1cc(C)cc(CC(Cc2cc(C)cc(C)c2)(O[PH+]2Oc3ccc4ccccc4c3-c3c(ccc4ccccc34)O2)[C@@H]2COC(c3ccccc3)=N2)c1.[C-]1=CCC[C-]=CCC1.[Ir]. The van der Waals surface area contributed by atoms with Gasteiger partial charge in [-0.05, 0) is 84.6 Å². The van der Waals surface area contributed by atoms with Crippen molar-refractivity contribution in [2.24, 2.45) is 4.99 Å². The van der Waals surface area contributed by atoms with Gasteiger partial charge in [0.25, 0.3) is 0 Å². The van der Waals surface area contributed by atoms with E-state index in [1.165, 1.54) is 33.4 Å². The van der Waals surface area contributed by atoms with Gasteiger partial charge in [-0.3, -0.25) is 21.2 Å². The van der Waals surface area contributed by atoms with E-state index in [4.69, 9.17) is 23.3 Å². The number of hydrogen-bond acceptors (Lipinski definition) is 5. The number of hydrogen-bond donors (Lipinski definition) is 0. The van der Waals surface area contributed by atoms with Crippen LogP contribution in [0.1, 0.15) is 64.6 Å². The Hall–Kier alpha value is -5.35. The Morgan fingerprint density at radius 2 is 1.08 bits per heavy atom. The molecule has 0 unspecified atom stereocenters. The zero-order chi connectivity index (χ0) is 42.5. The Bertz CT molecular complexity index is 2610. The third kappa shape index (κ3) is 10.2. The van der Waals surface area contributed by atoms with E-state index >= 15 is 0 Å². The van der Waals surface area contributed by atoms with Crippen LogP contribution in [0.15, 0.2) is 157 Å². The summed E-state index contributed by atoms with van der Waals surface area (Å²) >= 11 is 0. The van der Waals surface area contributed by atoms with Gasteiger partial charge in [-0.25, -0.2) is 4.99 Å². The van der Waals surface area contributed by atoms with Crippen molar-refractivity contribution in [2.45, 2.75) is 77.9 Å². The average molecular weight is 1030 g/mol. The van der Waals surface area contributed by atoms with E-state index in [0.717, 1.165) is 75.4 Å². The maximum atomic E-state index is 7.60. The van der Waals surface area contributed by atoms with Crippen molar-refractivity contribution in [1.82, 2.24) is 0 Å². The summed E-state index contributed by atoms with van der Waals surface area (Å²) in [7, 11) is -2.52. The molecule has 5 nitrogen and oxygen atoms in total. The monoisotopic (exact) mass is 1030 g/mol. The number of rotatable bonds is 8. The number of allylic oxidation sites excluding steroid dienone is 4. The third-order valence-corrected chi connectivity index (χ3v) is 13.1. The first-order valence-corrected chi connectivity index (χ1v) is 23.0. The van der Waals surface area contributed by atoms with Gasteiger partial charge < -0.3 is 16.9 Å². The summed E-state index contributed by atoms with van der Waals surface area (Å²) in [6.07, 6.45) is 16.2. The minimum atomic E-state index is -2.52. The topological polar surface area (TPSA) is 49.3 Å². The fourth-order valence-electron chi connectivity index (χ4n) is 9.17. The van der Waals surface area contributed by atoms with Gasteiger partial charge in [-0.2, -0.15) is 17.4 Å². The van der Waals surface area contributed by atoms with Crippen molar-refractivity contribution in [2.75, 3.05) is 6.61 Å². The number of nitrogens with zero attached hydrogens (tertiary/aromatic N) is 1. The quantitative estimate of drug-likeness (QED) is 0.112. The van der Waals surface area contributed by atoms with Crippen LogP contribution >= 0.6 is 8.60 Å². The van der Waals surface area contributed by atoms with Gasteiger partial charge in [0.15, 0.2) is 17.1 Å². The molecule has 7 aromatic rings. The first kappa shape index (κ1) is 44.3. The van der Waals surface area contributed by atoms with Crippen molar-refractivity contribution in [1.29, 1.82) is 0 Å². The van der Waals surface area contributed by atoms with E-state index in [-0.39, 0.29) is 26.1 Å². The summed E-state index contributed by atoms with van der Waals surface area (Å²) in [5, 5.41) is 4.50. The van der Waals surface area contributed by atoms with Crippen LogP contribution in [-0.2, 0) is 42.2 Å². The molecular weight excluding hydrogens is 974 g/mol. The zero-order valence-corrected chi connectivity index (χ0v) is 39.8. The molecule has 0 N–H and O–H groups in total. The molecule has 0 saturated heterocycles. The predicted octanol–water partition coefficient (Wildman–Crippen LogP) is 14.0. The first-order chi connectivity index (χ1) is 30.3. The van der Waals surface area contributed by atoms with Gasteiger partial charge in [0.2, 0.25) is 5.90 Å². The van der Waals surface area contributed by atoms with E-state index in [0.29, 0.717) is 25.3 Å². The maximum Gasteiger partial charge on any atom is 0.486 e. The largest absolute Gasteiger partial charge is 0.500 e. The summed E-state index contributed by atoms with van der Waals surface area (Å²) in [6, 6.07) is 48.6. The van der Waals surface area contributed by atoms with Gasteiger partial charge in [0.05, 0.1) is 0 Å².